The number of aliphatic hydroxyl groups is 2. The molecule has 1 unspecified atom stereocenters. The quantitative estimate of drug-likeness (QED) is 0.584. The molecule has 0 spiro atoms. The Balaban J connectivity index is 4.34. The van der Waals surface area contributed by atoms with Crippen molar-refractivity contribution in [2.24, 2.45) is 0 Å². The van der Waals surface area contributed by atoms with Crippen molar-refractivity contribution in [2.45, 2.75) is 52.6 Å². The monoisotopic (exact) mass is 249 g/mol. The van der Waals surface area contributed by atoms with Gasteiger partial charge in [0.25, 0.3) is 0 Å². The molecule has 0 aromatic carbocycles. The zero-order valence-electron chi connectivity index (χ0n) is 11.3. The number of hydrogen-bond acceptors (Lipinski definition) is 2. The summed E-state index contributed by atoms with van der Waals surface area (Å²) in [5.41, 5.74) is 0. The Kier molecular flexibility index (Phi) is 9.59. The Hall–Kier alpha value is 0.350. The molecule has 0 aliphatic carbocycles. The van der Waals surface area contributed by atoms with E-state index in [2.05, 4.69) is 20.8 Å². The van der Waals surface area contributed by atoms with Crippen LogP contribution in [0.2, 0.25) is 0 Å². The summed E-state index contributed by atoms with van der Waals surface area (Å²) < 4.78 is 0. The molecule has 0 fully saturated rings. The smallest absolute Gasteiger partial charge is 0.0805 e. The molecule has 0 aliphatic rings. The van der Waals surface area contributed by atoms with Crippen molar-refractivity contribution in [1.82, 2.24) is 0 Å². The topological polar surface area (TPSA) is 40.5 Å². The van der Waals surface area contributed by atoms with E-state index in [-0.39, 0.29) is 6.61 Å². The molecule has 16 heavy (non-hydrogen) atoms. The summed E-state index contributed by atoms with van der Waals surface area (Å²) >= 11 is 0. The first kappa shape index (κ1) is 16.4. The van der Waals surface area contributed by atoms with Gasteiger partial charge >= 0.3 is 0 Å². The van der Waals surface area contributed by atoms with Crippen molar-refractivity contribution >= 4 is 7.26 Å². The second kappa shape index (κ2) is 9.39. The van der Waals surface area contributed by atoms with Crippen molar-refractivity contribution in [3.63, 3.8) is 0 Å². The van der Waals surface area contributed by atoms with Crippen LogP contribution >= 0.6 is 7.26 Å². The first-order valence-electron chi connectivity index (χ1n) is 6.78. The Labute approximate surface area is 102 Å². The predicted octanol–water partition coefficient (Wildman–Crippen LogP) is 2.98. The van der Waals surface area contributed by atoms with Crippen LogP contribution in [0.5, 0.6) is 0 Å². The minimum absolute atomic E-state index is 0.0790. The van der Waals surface area contributed by atoms with Crippen molar-refractivity contribution in [3.8, 4) is 0 Å². The van der Waals surface area contributed by atoms with Crippen LogP contribution < -0.4 is 0 Å². The van der Waals surface area contributed by atoms with Gasteiger partial charge in [-0.3, -0.25) is 0 Å². The van der Waals surface area contributed by atoms with E-state index in [9.17, 15) is 5.11 Å². The van der Waals surface area contributed by atoms with E-state index in [0.29, 0.717) is 0 Å². The van der Waals surface area contributed by atoms with E-state index in [1.54, 1.807) is 0 Å². The third-order valence-corrected chi connectivity index (χ3v) is 8.64. The summed E-state index contributed by atoms with van der Waals surface area (Å²) in [5.74, 6) is 0. The van der Waals surface area contributed by atoms with Crippen LogP contribution in [0, 0.1) is 0 Å². The van der Waals surface area contributed by atoms with Gasteiger partial charge in [0, 0.05) is 13.7 Å². The van der Waals surface area contributed by atoms with Crippen LogP contribution in [0.25, 0.3) is 0 Å². The first-order valence-corrected chi connectivity index (χ1v) is 9.31. The van der Waals surface area contributed by atoms with Crippen LogP contribution in [-0.4, -0.2) is 47.6 Å². The second-order valence-electron chi connectivity index (χ2n) is 4.86. The van der Waals surface area contributed by atoms with Gasteiger partial charge in [-0.15, -0.1) is 0 Å². The van der Waals surface area contributed by atoms with E-state index in [0.717, 1.165) is 6.42 Å². The molecule has 3 heteroatoms. The lowest BCUT2D eigenvalue weighted by atomic mass is 10.3. The lowest BCUT2D eigenvalue weighted by Crippen LogP contribution is -2.19. The highest BCUT2D eigenvalue weighted by Crippen LogP contribution is 2.60. The minimum Gasteiger partial charge on any atom is -0.394 e. The van der Waals surface area contributed by atoms with Crippen LogP contribution in [0.15, 0.2) is 0 Å². The lowest BCUT2D eigenvalue weighted by Gasteiger charge is -2.27. The number of aliphatic hydroxyl groups excluding tert-OH is 2. The van der Waals surface area contributed by atoms with Crippen LogP contribution in [0.4, 0.5) is 0 Å². The molecule has 0 saturated heterocycles. The molecular weight excluding hydrogens is 219 g/mol. The molecule has 0 aromatic heterocycles. The third kappa shape index (κ3) is 6.18. The average Bonchev–Trinajstić information content (AvgIpc) is 2.27. The zero-order chi connectivity index (χ0) is 12.4. The van der Waals surface area contributed by atoms with E-state index in [1.807, 2.05) is 0 Å². The average molecular weight is 249 g/mol. The summed E-state index contributed by atoms with van der Waals surface area (Å²) in [6.07, 6.45) is 9.38. The second-order valence-corrected chi connectivity index (χ2v) is 9.33. The predicted molar refractivity (Wildman–Crippen MR) is 75.0 cm³/mol. The summed E-state index contributed by atoms with van der Waals surface area (Å²) in [6, 6.07) is 0. The number of rotatable bonds is 10. The van der Waals surface area contributed by atoms with E-state index in [4.69, 9.17) is 5.11 Å². The SMILES string of the molecule is CCC[P+](CCC)(CCC)CCC(O)CO. The molecule has 0 saturated carbocycles. The largest absolute Gasteiger partial charge is 0.394 e. The van der Waals surface area contributed by atoms with E-state index < -0.39 is 13.4 Å². The van der Waals surface area contributed by atoms with E-state index in [1.165, 1.54) is 43.9 Å². The maximum Gasteiger partial charge on any atom is 0.0805 e. The molecular formula is C13H30O2P+. The van der Waals surface area contributed by atoms with Crippen LogP contribution in [-0.2, 0) is 0 Å². The molecule has 0 aromatic rings. The molecule has 0 heterocycles. The van der Waals surface area contributed by atoms with E-state index >= 15 is 0 Å². The Morgan fingerprint density at radius 1 is 0.875 bits per heavy atom. The summed E-state index contributed by atoms with van der Waals surface area (Å²) in [6.45, 7) is 6.72. The fourth-order valence-corrected chi connectivity index (χ4v) is 7.64. The van der Waals surface area contributed by atoms with Crippen molar-refractivity contribution in [3.05, 3.63) is 0 Å². The molecule has 98 valence electrons. The van der Waals surface area contributed by atoms with Gasteiger partial charge in [0.05, 0.1) is 37.4 Å². The molecule has 2 nitrogen and oxygen atoms in total. The molecule has 0 amide bonds. The number of hydrogen-bond donors (Lipinski definition) is 2. The molecule has 1 atom stereocenters. The maximum atomic E-state index is 9.49. The summed E-state index contributed by atoms with van der Waals surface area (Å²) in [7, 11) is -0.834. The first-order chi connectivity index (χ1) is 7.64. The van der Waals surface area contributed by atoms with Crippen LogP contribution in [0.1, 0.15) is 46.5 Å². The summed E-state index contributed by atoms with van der Waals surface area (Å²) in [5, 5.41) is 18.4. The van der Waals surface area contributed by atoms with Crippen molar-refractivity contribution < 1.29 is 10.2 Å². The van der Waals surface area contributed by atoms with Crippen molar-refractivity contribution in [1.29, 1.82) is 0 Å². The fraction of sp³-hybridized carbons (Fsp3) is 1.00. The summed E-state index contributed by atoms with van der Waals surface area (Å²) in [4.78, 5) is 0. The Morgan fingerprint density at radius 2 is 1.31 bits per heavy atom. The van der Waals surface area contributed by atoms with Gasteiger partial charge in [-0.2, -0.15) is 0 Å². The highest BCUT2D eigenvalue weighted by atomic mass is 31.2. The maximum absolute atomic E-state index is 9.49. The molecule has 2 N–H and O–H groups in total. The standard InChI is InChI=1S/C13H30O2P/c1-4-8-16(9-5-2,10-6-3)11-7-13(15)12-14/h13-15H,4-12H2,1-3H3/q+1. The zero-order valence-corrected chi connectivity index (χ0v) is 12.2. The van der Waals surface area contributed by atoms with Gasteiger partial charge in [0.15, 0.2) is 0 Å². The van der Waals surface area contributed by atoms with Gasteiger partial charge in [-0.25, -0.2) is 0 Å². The minimum atomic E-state index is -0.834. The highest BCUT2D eigenvalue weighted by molar-refractivity contribution is 7.75. The third-order valence-electron chi connectivity index (χ3n) is 3.24. The van der Waals surface area contributed by atoms with Gasteiger partial charge in [-0.05, 0) is 19.3 Å². The Morgan fingerprint density at radius 3 is 1.62 bits per heavy atom. The highest BCUT2D eigenvalue weighted by Gasteiger charge is 2.34. The van der Waals surface area contributed by atoms with Crippen LogP contribution in [0.3, 0.4) is 0 Å². The van der Waals surface area contributed by atoms with Crippen molar-refractivity contribution in [2.75, 3.05) is 31.3 Å². The lowest BCUT2D eigenvalue weighted by molar-refractivity contribution is 0.0929. The van der Waals surface area contributed by atoms with Gasteiger partial charge in [-0.1, -0.05) is 20.8 Å². The molecule has 0 rings (SSSR count). The fourth-order valence-electron chi connectivity index (χ4n) is 2.61. The van der Waals surface area contributed by atoms with Gasteiger partial charge in [0.2, 0.25) is 0 Å². The molecule has 0 radical (unpaired) electrons. The van der Waals surface area contributed by atoms with Gasteiger partial charge in [0.1, 0.15) is 0 Å². The van der Waals surface area contributed by atoms with Gasteiger partial charge < -0.3 is 10.2 Å². The normalized spacial score (nSPS) is 14.1. The molecule has 0 aliphatic heterocycles. The molecule has 0 bridgehead atoms. The Bertz CT molecular complexity index is 145.